The van der Waals surface area contributed by atoms with Gasteiger partial charge in [-0.25, -0.2) is 10.2 Å². The lowest BCUT2D eigenvalue weighted by molar-refractivity contribution is -0.380. The molecule has 0 aromatic carbocycles. The molecular formula is C10H13Br2N4O4PS. The van der Waals surface area contributed by atoms with E-state index in [4.69, 9.17) is 9.79 Å². The normalized spacial score (nSPS) is 11.3. The first kappa shape index (κ1) is 19.7. The summed E-state index contributed by atoms with van der Waals surface area (Å²) in [6.45, 7) is 0.774. The van der Waals surface area contributed by atoms with Crippen molar-refractivity contribution < 1.29 is 14.0 Å². The first-order valence-corrected chi connectivity index (χ1v) is 10.7. The van der Waals surface area contributed by atoms with Crippen molar-refractivity contribution in [2.45, 2.75) is 6.61 Å². The van der Waals surface area contributed by atoms with Gasteiger partial charge in [-0.15, -0.1) is 0 Å². The van der Waals surface area contributed by atoms with E-state index in [-0.39, 0.29) is 17.2 Å². The molecule has 1 aromatic heterocycles. The Labute approximate surface area is 148 Å². The number of thiophene rings is 1. The summed E-state index contributed by atoms with van der Waals surface area (Å²) in [6.07, 6.45) is 0. The molecule has 0 radical (unpaired) electrons. The molecule has 0 amide bonds. The molecule has 1 aromatic rings. The van der Waals surface area contributed by atoms with E-state index in [0.29, 0.717) is 28.6 Å². The maximum atomic E-state index is 12.5. The number of alkyl halides is 2. The summed E-state index contributed by atoms with van der Waals surface area (Å²) in [4.78, 5) is 10.7. The standard InChI is InChI=1S/C10H13Br2N4O4PS/c11-1-3-14-21(19,15-4-2-12)20-7-9-5-8(6-13)10(22-9)16(17)18/h5H,1-4,7H2,(H2,14,15,19). The maximum Gasteiger partial charge on any atom is 0.342 e. The Kier molecular flexibility index (Phi) is 8.71. The number of nitro groups is 1. The molecule has 0 aliphatic rings. The molecule has 0 spiro atoms. The highest BCUT2D eigenvalue weighted by Gasteiger charge is 2.24. The van der Waals surface area contributed by atoms with Crippen molar-refractivity contribution in [2.24, 2.45) is 0 Å². The average molecular weight is 476 g/mol. The quantitative estimate of drug-likeness (QED) is 0.231. The average Bonchev–Trinajstić information content (AvgIpc) is 2.93. The van der Waals surface area contributed by atoms with Crippen LogP contribution in [-0.4, -0.2) is 28.7 Å². The highest BCUT2D eigenvalue weighted by Crippen LogP contribution is 2.40. The minimum Gasteiger partial charge on any atom is -0.300 e. The Hall–Kier alpha value is -0.340. The van der Waals surface area contributed by atoms with Crippen LogP contribution in [0, 0.1) is 21.4 Å². The Morgan fingerprint density at radius 2 is 2.00 bits per heavy atom. The minimum atomic E-state index is -3.26. The lowest BCUT2D eigenvalue weighted by Gasteiger charge is -2.19. The summed E-state index contributed by atoms with van der Waals surface area (Å²) < 4.78 is 17.9. The van der Waals surface area contributed by atoms with Crippen molar-refractivity contribution in [1.82, 2.24) is 10.2 Å². The van der Waals surface area contributed by atoms with Crippen LogP contribution in [0.1, 0.15) is 10.4 Å². The number of hydrogen-bond acceptors (Lipinski definition) is 6. The molecule has 2 N–H and O–H groups in total. The van der Waals surface area contributed by atoms with Gasteiger partial charge in [-0.1, -0.05) is 43.2 Å². The fraction of sp³-hybridized carbons (Fsp3) is 0.500. The summed E-state index contributed by atoms with van der Waals surface area (Å²) in [5.41, 5.74) is -0.0229. The lowest BCUT2D eigenvalue weighted by Crippen LogP contribution is -2.26. The Bertz CT molecular complexity index is 594. The molecular weight excluding hydrogens is 463 g/mol. The number of rotatable bonds is 10. The predicted octanol–water partition coefficient (Wildman–Crippen LogP) is 3.12. The Morgan fingerprint density at radius 3 is 2.41 bits per heavy atom. The maximum absolute atomic E-state index is 12.5. The van der Waals surface area contributed by atoms with Crippen molar-refractivity contribution in [3.8, 4) is 6.07 Å². The molecule has 0 aliphatic heterocycles. The van der Waals surface area contributed by atoms with Crippen LogP contribution in [0.2, 0.25) is 0 Å². The van der Waals surface area contributed by atoms with Gasteiger partial charge in [-0.05, 0) is 6.07 Å². The van der Waals surface area contributed by atoms with E-state index in [2.05, 4.69) is 42.0 Å². The third-order valence-corrected chi connectivity index (χ3v) is 5.89. The second-order valence-corrected chi connectivity index (χ2v) is 8.51. The molecule has 0 bridgehead atoms. The van der Waals surface area contributed by atoms with Gasteiger partial charge in [-0.2, -0.15) is 5.26 Å². The Balaban J connectivity index is 2.78. The molecule has 0 aliphatic carbocycles. The zero-order chi connectivity index (χ0) is 16.6. The van der Waals surface area contributed by atoms with Crippen molar-refractivity contribution in [3.05, 3.63) is 26.6 Å². The SMILES string of the molecule is N#Cc1cc(COP(=O)(NCCBr)NCCBr)sc1[N+](=O)[O-]. The lowest BCUT2D eigenvalue weighted by atomic mass is 10.3. The van der Waals surface area contributed by atoms with Gasteiger partial charge in [0.15, 0.2) is 0 Å². The molecule has 8 nitrogen and oxygen atoms in total. The largest absolute Gasteiger partial charge is 0.342 e. The third kappa shape index (κ3) is 6.04. The molecule has 12 heteroatoms. The summed E-state index contributed by atoms with van der Waals surface area (Å²) in [5, 5.41) is 26.2. The zero-order valence-electron chi connectivity index (χ0n) is 11.3. The molecule has 0 saturated heterocycles. The molecule has 0 fully saturated rings. The van der Waals surface area contributed by atoms with Crippen molar-refractivity contribution in [1.29, 1.82) is 5.26 Å². The summed E-state index contributed by atoms with van der Waals surface area (Å²) in [6, 6.07) is 3.14. The van der Waals surface area contributed by atoms with Gasteiger partial charge in [0.25, 0.3) is 0 Å². The van der Waals surface area contributed by atoms with Gasteiger partial charge in [0.2, 0.25) is 0 Å². The monoisotopic (exact) mass is 474 g/mol. The first-order chi connectivity index (χ1) is 10.5. The van der Waals surface area contributed by atoms with E-state index in [1.807, 2.05) is 0 Å². The van der Waals surface area contributed by atoms with E-state index in [0.717, 1.165) is 11.3 Å². The van der Waals surface area contributed by atoms with E-state index < -0.39 is 12.6 Å². The van der Waals surface area contributed by atoms with E-state index >= 15 is 0 Å². The molecule has 0 saturated carbocycles. The second kappa shape index (κ2) is 9.72. The molecule has 0 unspecified atom stereocenters. The smallest absolute Gasteiger partial charge is 0.300 e. The van der Waals surface area contributed by atoms with E-state index in [1.54, 1.807) is 6.07 Å². The van der Waals surface area contributed by atoms with E-state index in [1.165, 1.54) is 6.07 Å². The zero-order valence-corrected chi connectivity index (χ0v) is 16.1. The van der Waals surface area contributed by atoms with Crippen LogP contribution >= 0.6 is 50.9 Å². The summed E-state index contributed by atoms with van der Waals surface area (Å²) in [7, 11) is -3.26. The highest BCUT2D eigenvalue weighted by atomic mass is 79.9. The second-order valence-electron chi connectivity index (χ2n) is 3.82. The van der Waals surface area contributed by atoms with Crippen LogP contribution in [0.15, 0.2) is 6.07 Å². The van der Waals surface area contributed by atoms with Crippen molar-refractivity contribution in [2.75, 3.05) is 23.7 Å². The Morgan fingerprint density at radius 1 is 1.41 bits per heavy atom. The van der Waals surface area contributed by atoms with Crippen LogP contribution in [-0.2, 0) is 15.7 Å². The van der Waals surface area contributed by atoms with Gasteiger partial charge in [0, 0.05) is 28.6 Å². The molecule has 22 heavy (non-hydrogen) atoms. The van der Waals surface area contributed by atoms with Crippen LogP contribution in [0.3, 0.4) is 0 Å². The number of halogens is 2. The van der Waals surface area contributed by atoms with E-state index in [9.17, 15) is 14.7 Å². The van der Waals surface area contributed by atoms with Crippen LogP contribution in [0.5, 0.6) is 0 Å². The van der Waals surface area contributed by atoms with Gasteiger partial charge >= 0.3 is 12.7 Å². The van der Waals surface area contributed by atoms with Gasteiger partial charge < -0.3 is 4.52 Å². The van der Waals surface area contributed by atoms with Gasteiger partial charge in [0.1, 0.15) is 11.6 Å². The topological polar surface area (TPSA) is 117 Å². The number of nitrogens with one attached hydrogen (secondary N) is 2. The molecule has 0 atom stereocenters. The fourth-order valence-electron chi connectivity index (χ4n) is 1.40. The molecule has 1 heterocycles. The minimum absolute atomic E-state index is 0.0229. The molecule has 122 valence electrons. The molecule has 1 rings (SSSR count). The van der Waals surface area contributed by atoms with Crippen LogP contribution in [0.4, 0.5) is 5.00 Å². The number of nitriles is 1. The summed E-state index contributed by atoms with van der Waals surface area (Å²) in [5.74, 6) is 0. The van der Waals surface area contributed by atoms with Crippen LogP contribution in [0.25, 0.3) is 0 Å². The van der Waals surface area contributed by atoms with Crippen LogP contribution < -0.4 is 10.2 Å². The van der Waals surface area contributed by atoms with Crippen molar-refractivity contribution in [3.63, 3.8) is 0 Å². The van der Waals surface area contributed by atoms with Gasteiger partial charge in [-0.3, -0.25) is 14.7 Å². The summed E-state index contributed by atoms with van der Waals surface area (Å²) >= 11 is 7.28. The van der Waals surface area contributed by atoms with Gasteiger partial charge in [0.05, 0.1) is 11.5 Å². The fourth-order valence-corrected chi connectivity index (χ4v) is 4.76. The highest BCUT2D eigenvalue weighted by molar-refractivity contribution is 9.09. The number of hydrogen-bond donors (Lipinski definition) is 2. The van der Waals surface area contributed by atoms with Crippen molar-refractivity contribution >= 4 is 55.9 Å². The number of nitrogens with zero attached hydrogens (tertiary/aromatic N) is 2. The predicted molar refractivity (Wildman–Crippen MR) is 91.7 cm³/mol. The third-order valence-electron chi connectivity index (χ3n) is 2.27. The first-order valence-electron chi connectivity index (χ1n) is 5.99.